The predicted octanol–water partition coefficient (Wildman–Crippen LogP) is 4.17. The first-order valence-electron chi connectivity index (χ1n) is 10.2. The number of anilines is 2. The highest BCUT2D eigenvalue weighted by Gasteiger charge is 2.16. The van der Waals surface area contributed by atoms with Crippen molar-refractivity contribution in [2.24, 2.45) is 0 Å². The number of likely N-dealkylation sites (tertiary alicyclic amines) is 1. The van der Waals surface area contributed by atoms with Crippen molar-refractivity contribution in [3.8, 4) is 0 Å². The zero-order chi connectivity index (χ0) is 19.8. The number of nitrogens with zero attached hydrogens (tertiary/aromatic N) is 2. The molecule has 0 aromatic heterocycles. The number of rotatable bonds is 6. The SMILES string of the molecule is CCN(C(=O)c1ccc(NC(=O)CN2CCCCCC2)cc1)c1ccccc1. The van der Waals surface area contributed by atoms with E-state index in [1.165, 1.54) is 25.7 Å². The lowest BCUT2D eigenvalue weighted by atomic mass is 10.1. The van der Waals surface area contributed by atoms with Crippen LogP contribution in [0.5, 0.6) is 0 Å². The van der Waals surface area contributed by atoms with E-state index in [0.717, 1.165) is 24.5 Å². The van der Waals surface area contributed by atoms with Crippen molar-refractivity contribution in [3.63, 3.8) is 0 Å². The van der Waals surface area contributed by atoms with Gasteiger partial charge in [-0.05, 0) is 69.3 Å². The fraction of sp³-hybridized carbons (Fsp3) is 0.391. The van der Waals surface area contributed by atoms with Crippen LogP contribution >= 0.6 is 0 Å². The van der Waals surface area contributed by atoms with Crippen molar-refractivity contribution < 1.29 is 9.59 Å². The minimum Gasteiger partial charge on any atom is -0.325 e. The third-order valence-electron chi connectivity index (χ3n) is 5.11. The van der Waals surface area contributed by atoms with Crippen molar-refractivity contribution >= 4 is 23.2 Å². The van der Waals surface area contributed by atoms with E-state index in [1.54, 1.807) is 29.2 Å². The Balaban J connectivity index is 1.59. The number of hydrogen-bond donors (Lipinski definition) is 1. The summed E-state index contributed by atoms with van der Waals surface area (Å²) >= 11 is 0. The molecule has 1 fully saturated rings. The second kappa shape index (κ2) is 10.0. The third-order valence-corrected chi connectivity index (χ3v) is 5.11. The molecule has 5 heteroatoms. The minimum absolute atomic E-state index is 0.000414. The molecule has 2 aromatic rings. The van der Waals surface area contributed by atoms with Gasteiger partial charge in [0.2, 0.25) is 5.91 Å². The lowest BCUT2D eigenvalue weighted by molar-refractivity contribution is -0.117. The molecule has 28 heavy (non-hydrogen) atoms. The minimum atomic E-state index is -0.0452. The molecule has 1 aliphatic heterocycles. The maximum absolute atomic E-state index is 12.8. The van der Waals surface area contributed by atoms with Gasteiger partial charge in [0.1, 0.15) is 0 Å². The van der Waals surface area contributed by atoms with Crippen molar-refractivity contribution in [2.75, 3.05) is 36.4 Å². The summed E-state index contributed by atoms with van der Waals surface area (Å²) in [6, 6.07) is 16.8. The number of nitrogens with one attached hydrogen (secondary N) is 1. The van der Waals surface area contributed by atoms with Gasteiger partial charge in [-0.2, -0.15) is 0 Å². The highest BCUT2D eigenvalue weighted by molar-refractivity contribution is 6.06. The Morgan fingerprint density at radius 2 is 1.57 bits per heavy atom. The summed E-state index contributed by atoms with van der Waals surface area (Å²) in [6.07, 6.45) is 4.84. The van der Waals surface area contributed by atoms with E-state index >= 15 is 0 Å². The highest BCUT2D eigenvalue weighted by atomic mass is 16.2. The Bertz CT molecular complexity index is 766. The number of carbonyl (C=O) groups excluding carboxylic acids is 2. The van der Waals surface area contributed by atoms with E-state index in [9.17, 15) is 9.59 Å². The Hall–Kier alpha value is -2.66. The molecule has 0 unspecified atom stereocenters. The third kappa shape index (κ3) is 5.42. The molecule has 1 heterocycles. The van der Waals surface area contributed by atoms with Crippen molar-refractivity contribution in [1.29, 1.82) is 0 Å². The maximum atomic E-state index is 12.8. The summed E-state index contributed by atoms with van der Waals surface area (Å²) in [6.45, 7) is 4.97. The molecule has 0 saturated carbocycles. The smallest absolute Gasteiger partial charge is 0.258 e. The van der Waals surface area contributed by atoms with Crippen LogP contribution in [0.15, 0.2) is 54.6 Å². The van der Waals surface area contributed by atoms with Gasteiger partial charge >= 0.3 is 0 Å². The molecule has 0 aliphatic carbocycles. The summed E-state index contributed by atoms with van der Waals surface area (Å²) in [5.41, 5.74) is 2.21. The molecule has 0 bridgehead atoms. The van der Waals surface area contributed by atoms with E-state index in [-0.39, 0.29) is 11.8 Å². The average molecular weight is 380 g/mol. The quantitative estimate of drug-likeness (QED) is 0.820. The van der Waals surface area contributed by atoms with Gasteiger partial charge in [0.05, 0.1) is 6.54 Å². The van der Waals surface area contributed by atoms with E-state index in [0.29, 0.717) is 18.7 Å². The van der Waals surface area contributed by atoms with Crippen LogP contribution in [0.2, 0.25) is 0 Å². The van der Waals surface area contributed by atoms with E-state index in [4.69, 9.17) is 0 Å². The van der Waals surface area contributed by atoms with Crippen molar-refractivity contribution in [3.05, 3.63) is 60.2 Å². The fourth-order valence-electron chi connectivity index (χ4n) is 3.60. The van der Waals surface area contributed by atoms with Gasteiger partial charge in [-0.25, -0.2) is 0 Å². The first-order chi connectivity index (χ1) is 13.7. The monoisotopic (exact) mass is 379 g/mol. The number of para-hydroxylation sites is 1. The number of amides is 2. The molecule has 1 saturated heterocycles. The first-order valence-corrected chi connectivity index (χ1v) is 10.2. The lowest BCUT2D eigenvalue weighted by Gasteiger charge is -2.21. The van der Waals surface area contributed by atoms with Crippen LogP contribution in [0.4, 0.5) is 11.4 Å². The molecule has 0 atom stereocenters. The van der Waals surface area contributed by atoms with Gasteiger partial charge in [-0.1, -0.05) is 31.0 Å². The zero-order valence-corrected chi connectivity index (χ0v) is 16.6. The predicted molar refractivity (Wildman–Crippen MR) is 114 cm³/mol. The summed E-state index contributed by atoms with van der Waals surface area (Å²) in [5, 5.41) is 2.95. The van der Waals surface area contributed by atoms with Gasteiger partial charge in [0.15, 0.2) is 0 Å². The van der Waals surface area contributed by atoms with Gasteiger partial charge in [-0.15, -0.1) is 0 Å². The Labute approximate surface area is 167 Å². The van der Waals surface area contributed by atoms with Crippen LogP contribution < -0.4 is 10.2 Å². The molecule has 1 aliphatic rings. The zero-order valence-electron chi connectivity index (χ0n) is 16.6. The van der Waals surface area contributed by atoms with Crippen molar-refractivity contribution in [1.82, 2.24) is 4.90 Å². The van der Waals surface area contributed by atoms with E-state index in [1.807, 2.05) is 37.3 Å². The van der Waals surface area contributed by atoms with Gasteiger partial charge in [0.25, 0.3) is 5.91 Å². The largest absolute Gasteiger partial charge is 0.325 e. The number of carbonyl (C=O) groups is 2. The molecule has 0 radical (unpaired) electrons. The Kier molecular flexibility index (Phi) is 7.20. The highest BCUT2D eigenvalue weighted by Crippen LogP contribution is 2.18. The second-order valence-corrected chi connectivity index (χ2v) is 7.20. The van der Waals surface area contributed by atoms with Crippen LogP contribution in [-0.4, -0.2) is 42.9 Å². The summed E-state index contributed by atoms with van der Waals surface area (Å²) in [4.78, 5) is 29.1. The van der Waals surface area contributed by atoms with Crippen molar-refractivity contribution in [2.45, 2.75) is 32.6 Å². The number of hydrogen-bond acceptors (Lipinski definition) is 3. The van der Waals surface area contributed by atoms with Gasteiger partial charge in [-0.3, -0.25) is 14.5 Å². The van der Waals surface area contributed by atoms with Crippen LogP contribution in [0.1, 0.15) is 43.0 Å². The normalized spacial score (nSPS) is 14.9. The first kappa shape index (κ1) is 20.1. The van der Waals surface area contributed by atoms with Gasteiger partial charge < -0.3 is 10.2 Å². The fourth-order valence-corrected chi connectivity index (χ4v) is 3.60. The second-order valence-electron chi connectivity index (χ2n) is 7.20. The van der Waals surface area contributed by atoms with E-state index < -0.39 is 0 Å². The molecular formula is C23H29N3O2. The Morgan fingerprint density at radius 1 is 0.929 bits per heavy atom. The summed E-state index contributed by atoms with van der Waals surface area (Å²) < 4.78 is 0. The topological polar surface area (TPSA) is 52.7 Å². The van der Waals surface area contributed by atoms with Gasteiger partial charge in [0, 0.05) is 23.5 Å². The molecule has 148 valence electrons. The van der Waals surface area contributed by atoms with Crippen LogP contribution in [0, 0.1) is 0 Å². The molecule has 5 nitrogen and oxygen atoms in total. The Morgan fingerprint density at radius 3 is 2.18 bits per heavy atom. The summed E-state index contributed by atoms with van der Waals surface area (Å²) in [5.74, 6) is -0.0448. The molecule has 2 amide bonds. The number of benzene rings is 2. The molecule has 0 spiro atoms. The van der Waals surface area contributed by atoms with Crippen LogP contribution in [0.25, 0.3) is 0 Å². The maximum Gasteiger partial charge on any atom is 0.258 e. The molecular weight excluding hydrogens is 350 g/mol. The molecule has 3 rings (SSSR count). The molecule has 1 N–H and O–H groups in total. The van der Waals surface area contributed by atoms with Crippen LogP contribution in [0.3, 0.4) is 0 Å². The standard InChI is InChI=1S/C23H29N3O2/c1-2-26(21-10-6-5-7-11-21)23(28)19-12-14-20(15-13-19)24-22(27)18-25-16-8-3-4-9-17-25/h5-7,10-15H,2-4,8-9,16-18H2,1H3,(H,24,27). The lowest BCUT2D eigenvalue weighted by Crippen LogP contribution is -2.34. The van der Waals surface area contributed by atoms with Crippen LogP contribution in [-0.2, 0) is 4.79 Å². The average Bonchev–Trinajstić information content (AvgIpc) is 2.98. The van der Waals surface area contributed by atoms with E-state index in [2.05, 4.69) is 10.2 Å². The summed E-state index contributed by atoms with van der Waals surface area (Å²) in [7, 11) is 0. The molecule has 2 aromatic carbocycles.